The molecule has 3 nitrogen and oxygen atoms in total. The van der Waals surface area contributed by atoms with Crippen LogP contribution in [0.2, 0.25) is 0 Å². The predicted octanol–water partition coefficient (Wildman–Crippen LogP) is 9.17. The van der Waals surface area contributed by atoms with Crippen molar-refractivity contribution < 1.29 is 14.3 Å². The van der Waals surface area contributed by atoms with E-state index in [4.69, 9.17) is 9.47 Å². The normalized spacial score (nSPS) is 17.2. The fourth-order valence-electron chi connectivity index (χ4n) is 6.42. The third-order valence-corrected chi connectivity index (χ3v) is 10.6. The van der Waals surface area contributed by atoms with Crippen molar-refractivity contribution in [3.05, 3.63) is 71.8 Å². The van der Waals surface area contributed by atoms with Crippen LogP contribution in [0.25, 0.3) is 25.1 Å². The van der Waals surface area contributed by atoms with E-state index >= 15 is 0 Å². The minimum absolute atomic E-state index is 0.0920. The molecule has 2 saturated carbocycles. The molecule has 200 valence electrons. The number of aryl methyl sites for hydroxylation is 2. The highest BCUT2D eigenvalue weighted by Gasteiger charge is 2.36. The molecule has 0 bridgehead atoms. The minimum Gasteiger partial charge on any atom is -0.481 e. The molecule has 6 rings (SSSR count). The van der Waals surface area contributed by atoms with Gasteiger partial charge in [0, 0.05) is 39.3 Å². The van der Waals surface area contributed by atoms with Crippen LogP contribution in [0.1, 0.15) is 68.9 Å². The molecule has 1 aromatic heterocycles. The van der Waals surface area contributed by atoms with Gasteiger partial charge < -0.3 is 9.47 Å². The highest BCUT2D eigenvalue weighted by Crippen LogP contribution is 2.49. The van der Waals surface area contributed by atoms with Crippen LogP contribution in [0, 0.1) is 31.6 Å². The lowest BCUT2D eigenvalue weighted by Crippen LogP contribution is -2.33. The Kier molecular flexibility index (Phi) is 7.36. The quantitative estimate of drug-likeness (QED) is 0.145. The molecule has 39 heavy (non-hydrogen) atoms. The zero-order chi connectivity index (χ0) is 26.8. The maximum absolute atomic E-state index is 13.0. The third kappa shape index (κ3) is 5.30. The fourth-order valence-corrected chi connectivity index (χ4v) is 8.98. The highest BCUT2D eigenvalue weighted by atomic mass is 32.2. The van der Waals surface area contributed by atoms with Crippen LogP contribution < -0.4 is 4.74 Å². The van der Waals surface area contributed by atoms with Crippen molar-refractivity contribution in [2.45, 2.75) is 77.2 Å². The van der Waals surface area contributed by atoms with Crippen molar-refractivity contribution in [1.82, 2.24) is 0 Å². The van der Waals surface area contributed by atoms with Gasteiger partial charge in [-0.05, 0) is 87.8 Å². The average Bonchev–Trinajstić information content (AvgIpc) is 3.55. The Hall–Kier alpha value is -3.29. The van der Waals surface area contributed by atoms with Gasteiger partial charge in [0.2, 0.25) is 0 Å². The first-order chi connectivity index (χ1) is 19.0. The van der Waals surface area contributed by atoms with Crippen LogP contribution in [0.15, 0.2) is 60.7 Å². The first-order valence-electron chi connectivity index (χ1n) is 14.4. The number of benzene rings is 3. The van der Waals surface area contributed by atoms with Crippen molar-refractivity contribution in [2.75, 3.05) is 6.61 Å². The second-order valence-electron chi connectivity index (χ2n) is 11.3. The van der Waals surface area contributed by atoms with E-state index in [1.54, 1.807) is 0 Å². The molecule has 0 spiro atoms. The van der Waals surface area contributed by atoms with E-state index < -0.39 is 5.60 Å². The summed E-state index contributed by atoms with van der Waals surface area (Å²) < 4.78 is 14.9. The standard InChI is InChI=1S/C35H37O3S/c1-25-22-28(39-31-16-8-6-14-29(31)30-15-7-9-17-32(30)39)23-26(2)34(25)37-24-33(36)38-35(19-10-11-20-35)21-18-27-12-4-3-5-13-27/h6-9,14-17,22-23,27H,3-5,10-13,19-20,24H2,1-2H3/q+1. The zero-order valence-electron chi connectivity index (χ0n) is 23.1. The highest BCUT2D eigenvalue weighted by molar-refractivity contribution is 7.50. The fraction of sp³-hybridized carbons (Fsp3) is 0.400. The second-order valence-corrected chi connectivity index (χ2v) is 13.2. The van der Waals surface area contributed by atoms with Gasteiger partial charge in [-0.2, -0.15) is 0 Å². The molecular formula is C35H37O3S+. The van der Waals surface area contributed by atoms with Gasteiger partial charge in [0.1, 0.15) is 5.75 Å². The SMILES string of the molecule is Cc1cc(-[s+]2c3ccccc3c3ccccc32)cc(C)c1OCC(=O)OC1(C#CC2CCCCC2)CCCC1. The number of hydrogen-bond donors (Lipinski definition) is 0. The number of thiophene rings is 1. The van der Waals surface area contributed by atoms with Gasteiger partial charge in [0.25, 0.3) is 0 Å². The van der Waals surface area contributed by atoms with Crippen LogP contribution in [0.4, 0.5) is 0 Å². The van der Waals surface area contributed by atoms with E-state index in [0.717, 1.165) is 42.6 Å². The van der Waals surface area contributed by atoms with Crippen molar-refractivity contribution in [1.29, 1.82) is 0 Å². The summed E-state index contributed by atoms with van der Waals surface area (Å²) in [4.78, 5) is 14.3. The van der Waals surface area contributed by atoms with Crippen molar-refractivity contribution in [3.63, 3.8) is 0 Å². The maximum Gasteiger partial charge on any atom is 0.345 e. The lowest BCUT2D eigenvalue weighted by Gasteiger charge is -2.24. The van der Waals surface area contributed by atoms with Gasteiger partial charge in [-0.25, -0.2) is 4.79 Å². The largest absolute Gasteiger partial charge is 0.481 e. The summed E-state index contributed by atoms with van der Waals surface area (Å²) in [6.07, 6.45) is 9.96. The molecule has 0 saturated heterocycles. The summed E-state index contributed by atoms with van der Waals surface area (Å²) in [6, 6.07) is 21.9. The lowest BCUT2D eigenvalue weighted by atomic mass is 9.89. The van der Waals surface area contributed by atoms with Gasteiger partial charge in [-0.1, -0.05) is 55.4 Å². The molecule has 0 amide bonds. The number of hydrogen-bond acceptors (Lipinski definition) is 3. The van der Waals surface area contributed by atoms with E-state index in [1.165, 1.54) is 57.2 Å². The number of rotatable bonds is 5. The van der Waals surface area contributed by atoms with Crippen LogP contribution in [0.5, 0.6) is 5.75 Å². The molecule has 0 radical (unpaired) electrons. The molecule has 2 aliphatic rings. The van der Waals surface area contributed by atoms with E-state index in [2.05, 4.69) is 86.4 Å². The van der Waals surface area contributed by atoms with Gasteiger partial charge in [-0.15, -0.1) is 0 Å². The second kappa shape index (κ2) is 11.1. The molecule has 4 aromatic rings. The van der Waals surface area contributed by atoms with Crippen molar-refractivity contribution in [2.24, 2.45) is 5.92 Å². The topological polar surface area (TPSA) is 35.5 Å². The van der Waals surface area contributed by atoms with Gasteiger partial charge in [0.05, 0.1) is 0 Å². The molecule has 2 fully saturated rings. The van der Waals surface area contributed by atoms with Crippen molar-refractivity contribution in [3.8, 4) is 22.5 Å². The summed E-state index contributed by atoms with van der Waals surface area (Å²) >= 11 is 0. The number of fused-ring (bicyclic) bond motifs is 3. The van der Waals surface area contributed by atoms with E-state index in [9.17, 15) is 4.79 Å². The lowest BCUT2D eigenvalue weighted by molar-refractivity contribution is -0.156. The molecular weight excluding hydrogens is 500 g/mol. The minimum atomic E-state index is -0.629. The summed E-state index contributed by atoms with van der Waals surface area (Å²) in [5.74, 6) is 7.81. The number of carbonyl (C=O) groups is 1. The summed E-state index contributed by atoms with van der Waals surface area (Å²) in [5, 5.41) is 2.64. The molecule has 0 unspecified atom stereocenters. The van der Waals surface area contributed by atoms with Crippen LogP contribution in [-0.4, -0.2) is 18.2 Å². The van der Waals surface area contributed by atoms with E-state index in [-0.39, 0.29) is 23.0 Å². The first-order valence-corrected chi connectivity index (χ1v) is 15.7. The molecule has 2 aliphatic carbocycles. The molecule has 1 heterocycles. The van der Waals surface area contributed by atoms with Gasteiger partial charge >= 0.3 is 5.97 Å². The van der Waals surface area contributed by atoms with Crippen LogP contribution in [0.3, 0.4) is 0 Å². The maximum atomic E-state index is 13.0. The summed E-state index contributed by atoms with van der Waals surface area (Å²) in [6.45, 7) is 4.05. The van der Waals surface area contributed by atoms with Gasteiger partial charge in [0.15, 0.2) is 26.5 Å². The zero-order valence-corrected chi connectivity index (χ0v) is 23.9. The third-order valence-electron chi connectivity index (χ3n) is 8.34. The van der Waals surface area contributed by atoms with Crippen molar-refractivity contribution >= 4 is 36.6 Å². The predicted molar refractivity (Wildman–Crippen MR) is 162 cm³/mol. The first kappa shape index (κ1) is 26.0. The summed E-state index contributed by atoms with van der Waals surface area (Å²) in [5.41, 5.74) is 1.45. The number of esters is 1. The molecule has 4 heteroatoms. The Morgan fingerprint density at radius 2 is 1.46 bits per heavy atom. The number of ether oxygens (including phenoxy) is 2. The average molecular weight is 538 g/mol. The Labute approximate surface area is 234 Å². The number of carbonyl (C=O) groups excluding carboxylic acids is 1. The molecule has 0 aliphatic heterocycles. The monoisotopic (exact) mass is 537 g/mol. The van der Waals surface area contributed by atoms with Crippen LogP contribution >= 0.6 is 10.5 Å². The van der Waals surface area contributed by atoms with E-state index in [1.807, 2.05) is 0 Å². The van der Waals surface area contributed by atoms with Crippen LogP contribution in [-0.2, 0) is 9.53 Å². The Morgan fingerprint density at radius 1 is 0.872 bits per heavy atom. The summed E-state index contributed by atoms with van der Waals surface area (Å²) in [7, 11) is -0.158. The Bertz CT molecular complexity index is 1500. The molecule has 0 atom stereocenters. The van der Waals surface area contributed by atoms with E-state index in [0.29, 0.717) is 5.92 Å². The smallest absolute Gasteiger partial charge is 0.345 e. The van der Waals surface area contributed by atoms with Gasteiger partial charge in [-0.3, -0.25) is 0 Å². The molecule has 3 aromatic carbocycles. The Morgan fingerprint density at radius 3 is 2.08 bits per heavy atom. The Balaban J connectivity index is 1.20. The molecule has 0 N–H and O–H groups in total.